The van der Waals surface area contributed by atoms with E-state index in [1.54, 1.807) is 0 Å². The van der Waals surface area contributed by atoms with Crippen molar-refractivity contribution < 1.29 is 9.47 Å². The largest absolute Gasteiger partial charge is 0.489 e. The van der Waals surface area contributed by atoms with Gasteiger partial charge in [0.15, 0.2) is 0 Å². The van der Waals surface area contributed by atoms with Crippen molar-refractivity contribution in [3.05, 3.63) is 157 Å². The average Bonchev–Trinajstić information content (AvgIpc) is 3.15. The molecule has 0 bridgehead atoms. The Morgan fingerprint density at radius 2 is 0.760 bits per heavy atom. The number of hydrogen-bond donors (Lipinski definition) is 0. The highest BCUT2D eigenvalue weighted by Gasteiger charge is 2.30. The van der Waals surface area contributed by atoms with Gasteiger partial charge in [-0.3, -0.25) is 0 Å². The van der Waals surface area contributed by atoms with E-state index in [4.69, 9.17) is 9.47 Å². The quantitative estimate of drug-likeness (QED) is 0.131. The maximum absolute atomic E-state index is 6.08. The molecule has 0 saturated heterocycles. The van der Waals surface area contributed by atoms with Crippen molar-refractivity contribution in [1.82, 2.24) is 0 Å². The van der Waals surface area contributed by atoms with Gasteiger partial charge >= 0.3 is 0 Å². The second-order valence-corrected chi connectivity index (χ2v) is 14.0. The van der Waals surface area contributed by atoms with Gasteiger partial charge in [0.05, 0.1) is 22.7 Å². The monoisotopic (exact) mass is 658 g/mol. The van der Waals surface area contributed by atoms with Crippen molar-refractivity contribution in [2.75, 3.05) is 22.9 Å². The van der Waals surface area contributed by atoms with E-state index in [1.807, 2.05) is 36.4 Å². The highest BCUT2D eigenvalue weighted by atomic mass is 16.5. The molecule has 0 saturated carbocycles. The van der Waals surface area contributed by atoms with Crippen molar-refractivity contribution >= 4 is 22.7 Å². The van der Waals surface area contributed by atoms with E-state index in [0.717, 1.165) is 35.7 Å². The molecule has 0 unspecified atom stereocenters. The molecule has 0 fully saturated rings. The Kier molecular flexibility index (Phi) is 9.89. The fourth-order valence-corrected chi connectivity index (χ4v) is 6.65. The standard InChI is InChI=1S/C46H46N2O2/c1-33(2)29-47-43-25-19-40(38-17-23-42(24-18-38)50-32-36-13-9-6-10-14-36)28-46(43)48(30-34(3)4)44-26-20-39(27-45(44)47)37-15-21-41(22-16-37)49-31-35-11-7-5-8-12-35/h5-28,33-34H,29-32H2,1-4H3. The first-order chi connectivity index (χ1) is 24.4. The van der Waals surface area contributed by atoms with Crippen LogP contribution < -0.4 is 19.3 Å². The van der Waals surface area contributed by atoms with Crippen molar-refractivity contribution in [2.24, 2.45) is 11.8 Å². The van der Waals surface area contributed by atoms with Crippen LogP contribution >= 0.6 is 0 Å². The predicted molar refractivity (Wildman–Crippen MR) is 209 cm³/mol. The van der Waals surface area contributed by atoms with Gasteiger partial charge in [0.25, 0.3) is 0 Å². The summed E-state index contributed by atoms with van der Waals surface area (Å²) in [7, 11) is 0. The number of ether oxygens (including phenoxy) is 2. The molecule has 252 valence electrons. The van der Waals surface area contributed by atoms with E-state index in [0.29, 0.717) is 25.0 Å². The molecule has 0 spiro atoms. The molecule has 1 aliphatic rings. The number of fused-ring (bicyclic) bond motifs is 2. The van der Waals surface area contributed by atoms with E-state index in [-0.39, 0.29) is 0 Å². The van der Waals surface area contributed by atoms with Crippen molar-refractivity contribution in [2.45, 2.75) is 40.9 Å². The fraction of sp³-hybridized carbons (Fsp3) is 0.217. The minimum Gasteiger partial charge on any atom is -0.489 e. The smallest absolute Gasteiger partial charge is 0.119 e. The molecule has 0 N–H and O–H groups in total. The average molecular weight is 659 g/mol. The molecule has 0 atom stereocenters. The van der Waals surface area contributed by atoms with Gasteiger partial charge in [-0.15, -0.1) is 0 Å². The lowest BCUT2D eigenvalue weighted by atomic mass is 9.97. The topological polar surface area (TPSA) is 24.9 Å². The van der Waals surface area contributed by atoms with E-state index in [9.17, 15) is 0 Å². The van der Waals surface area contributed by atoms with Gasteiger partial charge in [-0.1, -0.05) is 125 Å². The molecule has 6 aromatic rings. The zero-order valence-corrected chi connectivity index (χ0v) is 29.6. The highest BCUT2D eigenvalue weighted by Crippen LogP contribution is 2.50. The van der Waals surface area contributed by atoms with Crippen LogP contribution in [0.15, 0.2) is 146 Å². The summed E-state index contributed by atoms with van der Waals surface area (Å²) in [5, 5.41) is 0. The molecule has 0 amide bonds. The Balaban J connectivity index is 1.17. The molecule has 1 aliphatic heterocycles. The second kappa shape index (κ2) is 15.0. The molecule has 0 aromatic heterocycles. The third-order valence-corrected chi connectivity index (χ3v) is 9.08. The van der Waals surface area contributed by atoms with Gasteiger partial charge < -0.3 is 19.3 Å². The van der Waals surface area contributed by atoms with Gasteiger partial charge in [0.1, 0.15) is 24.7 Å². The van der Waals surface area contributed by atoms with Crippen LogP contribution in [0, 0.1) is 11.8 Å². The molecular weight excluding hydrogens is 613 g/mol. The van der Waals surface area contributed by atoms with Crippen LogP contribution in [-0.2, 0) is 13.2 Å². The van der Waals surface area contributed by atoms with Crippen LogP contribution in [0.1, 0.15) is 38.8 Å². The first-order valence-corrected chi connectivity index (χ1v) is 17.8. The van der Waals surface area contributed by atoms with Crippen molar-refractivity contribution in [3.63, 3.8) is 0 Å². The summed E-state index contributed by atoms with van der Waals surface area (Å²) < 4.78 is 12.2. The van der Waals surface area contributed by atoms with Crippen molar-refractivity contribution in [1.29, 1.82) is 0 Å². The Bertz CT molecular complexity index is 1850. The zero-order chi connectivity index (χ0) is 34.5. The number of hydrogen-bond acceptors (Lipinski definition) is 4. The molecule has 0 radical (unpaired) electrons. The zero-order valence-electron chi connectivity index (χ0n) is 29.6. The van der Waals surface area contributed by atoms with Crippen LogP contribution in [-0.4, -0.2) is 13.1 Å². The molecule has 7 rings (SSSR count). The maximum atomic E-state index is 6.08. The summed E-state index contributed by atoms with van der Waals surface area (Å²) in [5.41, 5.74) is 12.1. The fourth-order valence-electron chi connectivity index (χ4n) is 6.65. The van der Waals surface area contributed by atoms with Crippen LogP contribution in [0.4, 0.5) is 22.7 Å². The third-order valence-electron chi connectivity index (χ3n) is 9.08. The van der Waals surface area contributed by atoms with Gasteiger partial charge in [-0.05, 0) is 93.7 Å². The molecule has 1 heterocycles. The predicted octanol–water partition coefficient (Wildman–Crippen LogP) is 12.1. The van der Waals surface area contributed by atoms with Gasteiger partial charge in [-0.25, -0.2) is 0 Å². The number of nitrogens with zero attached hydrogens (tertiary/aromatic N) is 2. The van der Waals surface area contributed by atoms with Crippen LogP contribution in [0.3, 0.4) is 0 Å². The summed E-state index contributed by atoms with van der Waals surface area (Å²) in [6, 6.07) is 51.5. The Morgan fingerprint density at radius 1 is 0.400 bits per heavy atom. The van der Waals surface area contributed by atoms with Crippen LogP contribution in [0.2, 0.25) is 0 Å². The summed E-state index contributed by atoms with van der Waals surface area (Å²) >= 11 is 0. The highest BCUT2D eigenvalue weighted by molar-refractivity contribution is 5.96. The summed E-state index contributed by atoms with van der Waals surface area (Å²) in [4.78, 5) is 5.05. The molecule has 4 heteroatoms. The van der Waals surface area contributed by atoms with E-state index in [1.165, 1.54) is 45.0 Å². The maximum Gasteiger partial charge on any atom is 0.119 e. The van der Waals surface area contributed by atoms with Crippen molar-refractivity contribution in [3.8, 4) is 33.8 Å². The molecule has 50 heavy (non-hydrogen) atoms. The first-order valence-electron chi connectivity index (χ1n) is 17.8. The SMILES string of the molecule is CC(C)CN1c2ccc(-c3ccc(OCc4ccccc4)cc3)cc2N(CC(C)C)c2ccc(-c3ccc(OCc4ccccc4)cc3)cc21. The van der Waals surface area contributed by atoms with E-state index < -0.39 is 0 Å². The van der Waals surface area contributed by atoms with E-state index in [2.05, 4.69) is 147 Å². The Morgan fingerprint density at radius 3 is 1.12 bits per heavy atom. The summed E-state index contributed by atoms with van der Waals surface area (Å²) in [5.74, 6) is 2.72. The van der Waals surface area contributed by atoms with Gasteiger partial charge in [-0.2, -0.15) is 0 Å². The lowest BCUT2D eigenvalue weighted by Crippen LogP contribution is -2.33. The molecule has 4 nitrogen and oxygen atoms in total. The summed E-state index contributed by atoms with van der Waals surface area (Å²) in [6.45, 7) is 12.2. The number of rotatable bonds is 12. The molecular formula is C46H46N2O2. The minimum atomic E-state index is 0.486. The third kappa shape index (κ3) is 7.55. The Labute approximate surface area is 297 Å². The Hall–Kier alpha value is -5.48. The minimum absolute atomic E-state index is 0.486. The van der Waals surface area contributed by atoms with Crippen LogP contribution in [0.5, 0.6) is 11.5 Å². The molecule has 0 aliphatic carbocycles. The van der Waals surface area contributed by atoms with Crippen LogP contribution in [0.25, 0.3) is 22.3 Å². The second-order valence-electron chi connectivity index (χ2n) is 14.0. The molecule has 6 aromatic carbocycles. The van der Waals surface area contributed by atoms with Gasteiger partial charge in [0, 0.05) is 13.1 Å². The lowest BCUT2D eigenvalue weighted by Gasteiger charge is -2.42. The summed E-state index contributed by atoms with van der Waals surface area (Å²) in [6.07, 6.45) is 0. The van der Waals surface area contributed by atoms with Gasteiger partial charge in [0.2, 0.25) is 0 Å². The van der Waals surface area contributed by atoms with E-state index >= 15 is 0 Å². The number of benzene rings is 6. The first kappa shape index (κ1) is 33.0. The lowest BCUT2D eigenvalue weighted by molar-refractivity contribution is 0.306. The normalized spacial score (nSPS) is 12.2. The number of anilines is 4.